The second kappa shape index (κ2) is 7.23. The molecule has 3 N–H and O–H groups in total. The summed E-state index contributed by atoms with van der Waals surface area (Å²) >= 11 is 0. The predicted octanol–water partition coefficient (Wildman–Crippen LogP) is 2.06. The monoisotopic (exact) mass is 344 g/mol. The van der Waals surface area contributed by atoms with Gasteiger partial charge in [0.15, 0.2) is 6.23 Å². The van der Waals surface area contributed by atoms with Gasteiger partial charge in [0, 0.05) is 24.2 Å². The first-order chi connectivity index (χ1) is 12.0. The molecule has 2 aliphatic rings. The Labute approximate surface area is 147 Å². The number of piperidine rings is 1. The van der Waals surface area contributed by atoms with Crippen LogP contribution in [-0.4, -0.2) is 40.2 Å². The van der Waals surface area contributed by atoms with Crippen molar-refractivity contribution in [1.29, 1.82) is 0 Å². The van der Waals surface area contributed by atoms with Gasteiger partial charge >= 0.3 is 0 Å². The van der Waals surface area contributed by atoms with Crippen LogP contribution in [0.5, 0.6) is 0 Å². The third-order valence-corrected chi connectivity index (χ3v) is 4.65. The van der Waals surface area contributed by atoms with Crippen LogP contribution in [0.15, 0.2) is 23.2 Å². The molecule has 2 atom stereocenters. The van der Waals surface area contributed by atoms with Gasteiger partial charge in [-0.25, -0.2) is 4.99 Å². The van der Waals surface area contributed by atoms with E-state index in [-0.39, 0.29) is 18.2 Å². The largest absolute Gasteiger partial charge is 0.385 e. The van der Waals surface area contributed by atoms with Crippen LogP contribution in [0.2, 0.25) is 0 Å². The van der Waals surface area contributed by atoms with E-state index in [4.69, 9.17) is 0 Å². The lowest BCUT2D eigenvalue weighted by Crippen LogP contribution is -2.55. The molecule has 0 bridgehead atoms. The van der Waals surface area contributed by atoms with E-state index in [1.165, 1.54) is 0 Å². The average molecular weight is 344 g/mol. The molecule has 1 aromatic carbocycles. The number of amides is 2. The molecule has 7 heteroatoms. The molecular formula is C18H24N4O3. The molecule has 0 radical (unpaired) electrons. The van der Waals surface area contributed by atoms with E-state index in [1.54, 1.807) is 11.8 Å². The van der Waals surface area contributed by atoms with Gasteiger partial charge in [0.05, 0.1) is 5.69 Å². The van der Waals surface area contributed by atoms with E-state index in [9.17, 15) is 14.7 Å². The van der Waals surface area contributed by atoms with Crippen molar-refractivity contribution in [2.24, 2.45) is 4.99 Å². The highest BCUT2D eigenvalue weighted by molar-refractivity contribution is 6.02. The van der Waals surface area contributed by atoms with Gasteiger partial charge in [-0.05, 0) is 31.9 Å². The fourth-order valence-corrected chi connectivity index (χ4v) is 3.37. The summed E-state index contributed by atoms with van der Waals surface area (Å²) in [5, 5.41) is 16.7. The highest BCUT2D eigenvalue weighted by atomic mass is 16.3. The molecule has 2 aliphatic heterocycles. The van der Waals surface area contributed by atoms with Crippen molar-refractivity contribution in [2.45, 2.75) is 51.8 Å². The zero-order valence-corrected chi connectivity index (χ0v) is 14.6. The molecule has 2 heterocycles. The number of amidine groups is 1. The van der Waals surface area contributed by atoms with Crippen LogP contribution in [0.1, 0.15) is 51.3 Å². The van der Waals surface area contributed by atoms with E-state index in [2.05, 4.69) is 22.5 Å². The summed E-state index contributed by atoms with van der Waals surface area (Å²) in [6.45, 7) is 4.70. The van der Waals surface area contributed by atoms with Crippen molar-refractivity contribution in [1.82, 2.24) is 10.2 Å². The summed E-state index contributed by atoms with van der Waals surface area (Å²) in [6, 6.07) is 5.07. The Morgan fingerprint density at radius 1 is 1.40 bits per heavy atom. The van der Waals surface area contributed by atoms with Gasteiger partial charge in [-0.3, -0.25) is 14.9 Å². The maximum atomic E-state index is 12.2. The molecule has 7 nitrogen and oxygen atoms in total. The Morgan fingerprint density at radius 2 is 2.20 bits per heavy atom. The predicted molar refractivity (Wildman–Crippen MR) is 95.6 cm³/mol. The van der Waals surface area contributed by atoms with Gasteiger partial charge in [0.25, 0.3) is 0 Å². The number of aliphatic hydroxyl groups excluding tert-OH is 1. The van der Waals surface area contributed by atoms with Crippen LogP contribution < -0.4 is 10.6 Å². The molecule has 0 saturated carbocycles. The standard InChI is InChI=1S/C18H24N4O3/c1-3-4-10-19-12-6-5-7-13-16(12)18(25)22(11(2)20-13)14-8-9-15(23)21-17(14)24/h5-7,14,18-19,25H,3-4,8-10H2,1-2H3,(H,21,23,24). The van der Waals surface area contributed by atoms with Gasteiger partial charge in [0.1, 0.15) is 11.9 Å². The summed E-state index contributed by atoms with van der Waals surface area (Å²) in [5.41, 5.74) is 2.20. The smallest absolute Gasteiger partial charge is 0.249 e. The number of aliphatic hydroxyl groups is 1. The lowest BCUT2D eigenvalue weighted by atomic mass is 9.99. The van der Waals surface area contributed by atoms with Crippen LogP contribution in [0, 0.1) is 0 Å². The molecule has 3 rings (SSSR count). The fraction of sp³-hybridized carbons (Fsp3) is 0.500. The minimum absolute atomic E-state index is 0.260. The van der Waals surface area contributed by atoms with E-state index in [0.717, 1.165) is 25.1 Å². The van der Waals surface area contributed by atoms with E-state index in [1.807, 2.05) is 18.2 Å². The molecule has 1 fully saturated rings. The van der Waals surface area contributed by atoms with Crippen LogP contribution in [0.25, 0.3) is 0 Å². The number of carbonyl (C=O) groups is 2. The molecule has 2 unspecified atom stereocenters. The van der Waals surface area contributed by atoms with E-state index < -0.39 is 12.3 Å². The Bertz CT molecular complexity index is 716. The zero-order chi connectivity index (χ0) is 18.0. The topological polar surface area (TPSA) is 94.0 Å². The quantitative estimate of drug-likeness (QED) is 0.561. The zero-order valence-electron chi connectivity index (χ0n) is 14.6. The summed E-state index contributed by atoms with van der Waals surface area (Å²) in [6.07, 6.45) is 1.75. The number of benzene rings is 1. The minimum atomic E-state index is -0.984. The summed E-state index contributed by atoms with van der Waals surface area (Å²) in [4.78, 5) is 29.8. The van der Waals surface area contributed by atoms with Gasteiger partial charge in [-0.1, -0.05) is 19.4 Å². The van der Waals surface area contributed by atoms with Gasteiger partial charge in [-0.2, -0.15) is 0 Å². The van der Waals surface area contributed by atoms with Crippen molar-refractivity contribution < 1.29 is 14.7 Å². The number of aliphatic imine (C=N–C) groups is 1. The van der Waals surface area contributed by atoms with Crippen molar-refractivity contribution in [3.8, 4) is 0 Å². The number of fused-ring (bicyclic) bond motifs is 1. The van der Waals surface area contributed by atoms with Crippen LogP contribution in [0.4, 0.5) is 11.4 Å². The average Bonchev–Trinajstić information content (AvgIpc) is 2.56. The Balaban J connectivity index is 1.92. The Morgan fingerprint density at radius 3 is 2.92 bits per heavy atom. The maximum absolute atomic E-state index is 12.2. The van der Waals surface area contributed by atoms with Crippen molar-refractivity contribution in [3.63, 3.8) is 0 Å². The Hall–Kier alpha value is -2.41. The lowest BCUT2D eigenvalue weighted by Gasteiger charge is -2.40. The summed E-state index contributed by atoms with van der Waals surface area (Å²) in [7, 11) is 0. The molecule has 1 saturated heterocycles. The lowest BCUT2D eigenvalue weighted by molar-refractivity contribution is -0.139. The second-order valence-corrected chi connectivity index (χ2v) is 6.43. The fourth-order valence-electron chi connectivity index (χ4n) is 3.37. The minimum Gasteiger partial charge on any atom is -0.385 e. The number of unbranched alkanes of at least 4 members (excludes halogenated alkanes) is 1. The summed E-state index contributed by atoms with van der Waals surface area (Å²) in [5.74, 6) is -0.0883. The Kier molecular flexibility index (Phi) is 5.03. The van der Waals surface area contributed by atoms with Gasteiger partial charge < -0.3 is 15.3 Å². The first-order valence-corrected chi connectivity index (χ1v) is 8.75. The van der Waals surface area contributed by atoms with Crippen LogP contribution in [0.3, 0.4) is 0 Å². The SMILES string of the molecule is CCCCNc1cccc2c1C(O)N(C1CCC(=O)NC1=O)C(C)=N2. The summed E-state index contributed by atoms with van der Waals surface area (Å²) < 4.78 is 0. The van der Waals surface area contributed by atoms with Crippen LogP contribution in [-0.2, 0) is 9.59 Å². The molecule has 2 amide bonds. The first-order valence-electron chi connectivity index (χ1n) is 8.75. The van der Waals surface area contributed by atoms with Crippen LogP contribution >= 0.6 is 0 Å². The van der Waals surface area contributed by atoms with Gasteiger partial charge in [-0.15, -0.1) is 0 Å². The van der Waals surface area contributed by atoms with Crippen molar-refractivity contribution in [2.75, 3.05) is 11.9 Å². The molecule has 0 spiro atoms. The number of nitrogens with one attached hydrogen (secondary N) is 2. The molecule has 134 valence electrons. The number of imide groups is 1. The number of hydrogen-bond acceptors (Lipinski definition) is 6. The van der Waals surface area contributed by atoms with Crippen molar-refractivity contribution >= 4 is 29.0 Å². The maximum Gasteiger partial charge on any atom is 0.249 e. The molecule has 25 heavy (non-hydrogen) atoms. The highest BCUT2D eigenvalue weighted by Crippen LogP contribution is 2.40. The first kappa shape index (κ1) is 17.4. The van der Waals surface area contributed by atoms with E-state index in [0.29, 0.717) is 23.5 Å². The number of anilines is 1. The molecular weight excluding hydrogens is 320 g/mol. The second-order valence-electron chi connectivity index (χ2n) is 6.43. The molecule has 0 aliphatic carbocycles. The number of carbonyl (C=O) groups excluding carboxylic acids is 2. The highest BCUT2D eigenvalue weighted by Gasteiger charge is 2.39. The van der Waals surface area contributed by atoms with Crippen molar-refractivity contribution in [3.05, 3.63) is 23.8 Å². The van der Waals surface area contributed by atoms with E-state index >= 15 is 0 Å². The number of rotatable bonds is 5. The number of nitrogens with zero attached hydrogens (tertiary/aromatic N) is 2. The molecule has 1 aromatic rings. The number of hydrogen-bond donors (Lipinski definition) is 3. The third kappa shape index (κ3) is 3.37. The molecule has 0 aromatic heterocycles. The normalized spacial score (nSPS) is 23.0. The third-order valence-electron chi connectivity index (χ3n) is 4.65. The van der Waals surface area contributed by atoms with Gasteiger partial charge in [0.2, 0.25) is 11.8 Å².